The Morgan fingerprint density at radius 2 is 1.65 bits per heavy atom. The second-order valence-electron chi connectivity index (χ2n) is 4.28. The molecule has 0 N–H and O–H groups in total. The van der Waals surface area contributed by atoms with E-state index in [2.05, 4.69) is 15.2 Å². The molecule has 23 heavy (non-hydrogen) atoms. The van der Waals surface area contributed by atoms with Crippen LogP contribution >= 0.6 is 7.82 Å². The predicted molar refractivity (Wildman–Crippen MR) is 86.3 cm³/mol. The van der Waals surface area contributed by atoms with Gasteiger partial charge in [-0.1, -0.05) is 0 Å². The molecule has 0 aliphatic heterocycles. The molecule has 0 aliphatic rings. The third-order valence-corrected chi connectivity index (χ3v) is 4.14. The van der Waals surface area contributed by atoms with Crippen LogP contribution < -0.4 is 4.52 Å². The molecule has 2 aromatic rings. The highest BCUT2D eigenvalue weighted by atomic mass is 31.2. The summed E-state index contributed by atoms with van der Waals surface area (Å²) in [6.45, 7) is 3.90. The van der Waals surface area contributed by atoms with Crippen LogP contribution in [-0.2, 0) is 13.6 Å². The Balaban J connectivity index is 2.04. The molecule has 1 aromatic carbocycles. The molecule has 0 spiro atoms. The SMILES string of the molecule is CCOP(=O)(OCC)Oc1ccc(N=Nc2cccnc2)cc1. The van der Waals surface area contributed by atoms with E-state index >= 15 is 0 Å². The summed E-state index contributed by atoms with van der Waals surface area (Å²) < 4.78 is 27.7. The summed E-state index contributed by atoms with van der Waals surface area (Å²) in [5.74, 6) is 0.371. The van der Waals surface area contributed by atoms with E-state index in [-0.39, 0.29) is 13.2 Å². The molecular formula is C15H18N3O4P. The van der Waals surface area contributed by atoms with Gasteiger partial charge in [0.2, 0.25) is 0 Å². The molecule has 1 heterocycles. The Bertz CT molecular complexity index is 667. The lowest BCUT2D eigenvalue weighted by Crippen LogP contribution is -2.02. The van der Waals surface area contributed by atoms with Crippen molar-refractivity contribution >= 4 is 19.2 Å². The van der Waals surface area contributed by atoms with Crippen LogP contribution in [0.4, 0.5) is 11.4 Å². The van der Waals surface area contributed by atoms with Gasteiger partial charge >= 0.3 is 7.82 Å². The van der Waals surface area contributed by atoms with Gasteiger partial charge in [0.25, 0.3) is 0 Å². The zero-order valence-corrected chi connectivity index (χ0v) is 13.8. The van der Waals surface area contributed by atoms with Gasteiger partial charge in [-0.05, 0) is 50.2 Å². The monoisotopic (exact) mass is 335 g/mol. The molecule has 0 radical (unpaired) electrons. The summed E-state index contributed by atoms with van der Waals surface area (Å²) in [5, 5.41) is 8.14. The molecule has 0 bridgehead atoms. The minimum Gasteiger partial charge on any atom is -0.404 e. The standard InChI is InChI=1S/C15H18N3O4P/c1-3-20-23(19,21-4-2)22-15-9-7-13(8-10-15)17-18-14-6-5-11-16-12-14/h5-12H,3-4H2,1-2H3. The number of hydrogen-bond donors (Lipinski definition) is 0. The number of phosphoric ester groups is 1. The summed E-state index contributed by atoms with van der Waals surface area (Å²) in [5.41, 5.74) is 1.29. The topological polar surface area (TPSA) is 82.4 Å². The molecule has 0 atom stereocenters. The second kappa shape index (κ2) is 8.53. The number of phosphoric acid groups is 1. The quantitative estimate of drug-likeness (QED) is 0.497. The van der Waals surface area contributed by atoms with Crippen molar-refractivity contribution in [1.82, 2.24) is 4.98 Å². The molecule has 8 heteroatoms. The smallest absolute Gasteiger partial charge is 0.404 e. The van der Waals surface area contributed by atoms with Gasteiger partial charge in [-0.15, -0.1) is 5.11 Å². The zero-order valence-electron chi connectivity index (χ0n) is 13.0. The fourth-order valence-electron chi connectivity index (χ4n) is 1.64. The molecular weight excluding hydrogens is 317 g/mol. The predicted octanol–water partition coefficient (Wildman–Crippen LogP) is 5.06. The molecule has 0 amide bonds. The van der Waals surface area contributed by atoms with Crippen LogP contribution in [0.1, 0.15) is 13.8 Å². The van der Waals surface area contributed by atoms with Crippen molar-refractivity contribution in [3.05, 3.63) is 48.8 Å². The van der Waals surface area contributed by atoms with Crippen LogP contribution in [0.3, 0.4) is 0 Å². The Morgan fingerprint density at radius 3 is 2.22 bits per heavy atom. The van der Waals surface area contributed by atoms with Crippen LogP contribution in [0.5, 0.6) is 5.75 Å². The van der Waals surface area contributed by atoms with Gasteiger partial charge in [0.1, 0.15) is 11.4 Å². The van der Waals surface area contributed by atoms with Gasteiger partial charge in [0.15, 0.2) is 0 Å². The minimum atomic E-state index is -3.58. The first kappa shape index (κ1) is 17.3. The molecule has 0 saturated heterocycles. The number of hydrogen-bond acceptors (Lipinski definition) is 7. The van der Waals surface area contributed by atoms with Crippen molar-refractivity contribution in [2.75, 3.05) is 13.2 Å². The largest absolute Gasteiger partial charge is 0.530 e. The minimum absolute atomic E-state index is 0.231. The molecule has 0 aliphatic carbocycles. The Kier molecular flexibility index (Phi) is 6.40. The molecule has 7 nitrogen and oxygen atoms in total. The van der Waals surface area contributed by atoms with Gasteiger partial charge in [-0.2, -0.15) is 5.11 Å². The van der Waals surface area contributed by atoms with E-state index in [9.17, 15) is 4.57 Å². The highest BCUT2D eigenvalue weighted by molar-refractivity contribution is 7.48. The van der Waals surface area contributed by atoms with E-state index in [0.29, 0.717) is 17.1 Å². The third kappa shape index (κ3) is 5.56. The summed E-state index contributed by atoms with van der Waals surface area (Å²) in [7, 11) is -3.58. The van der Waals surface area contributed by atoms with Crippen LogP contribution in [0.25, 0.3) is 0 Å². The zero-order chi connectivity index (χ0) is 16.5. The fraction of sp³-hybridized carbons (Fsp3) is 0.267. The average Bonchev–Trinajstić information content (AvgIpc) is 2.55. The lowest BCUT2D eigenvalue weighted by atomic mass is 10.3. The van der Waals surface area contributed by atoms with Gasteiger partial charge in [0, 0.05) is 6.20 Å². The molecule has 2 rings (SSSR count). The molecule has 0 unspecified atom stereocenters. The van der Waals surface area contributed by atoms with E-state index in [1.807, 2.05) is 0 Å². The maximum atomic E-state index is 12.3. The summed E-state index contributed by atoms with van der Waals surface area (Å²) >= 11 is 0. The van der Waals surface area contributed by atoms with E-state index in [0.717, 1.165) is 0 Å². The Labute approximate surface area is 135 Å². The Morgan fingerprint density at radius 1 is 1.00 bits per heavy atom. The van der Waals surface area contributed by atoms with Crippen molar-refractivity contribution in [1.29, 1.82) is 0 Å². The van der Waals surface area contributed by atoms with Crippen molar-refractivity contribution in [3.8, 4) is 5.75 Å². The number of azo groups is 1. The second-order valence-corrected chi connectivity index (χ2v) is 5.87. The van der Waals surface area contributed by atoms with Crippen LogP contribution in [0.2, 0.25) is 0 Å². The van der Waals surface area contributed by atoms with E-state index in [1.165, 1.54) is 0 Å². The van der Waals surface area contributed by atoms with Gasteiger partial charge in [0.05, 0.1) is 25.1 Å². The summed E-state index contributed by atoms with van der Waals surface area (Å²) in [6.07, 6.45) is 3.28. The first-order valence-corrected chi connectivity index (χ1v) is 8.62. The number of pyridine rings is 1. The first-order chi connectivity index (χ1) is 11.1. The lowest BCUT2D eigenvalue weighted by Gasteiger charge is -2.16. The number of aromatic nitrogens is 1. The molecule has 0 saturated carbocycles. The highest BCUT2D eigenvalue weighted by Crippen LogP contribution is 2.49. The number of nitrogens with zero attached hydrogens (tertiary/aromatic N) is 3. The maximum Gasteiger partial charge on any atom is 0.530 e. The number of rotatable bonds is 8. The first-order valence-electron chi connectivity index (χ1n) is 7.15. The van der Waals surface area contributed by atoms with Crippen LogP contribution in [0, 0.1) is 0 Å². The number of benzene rings is 1. The lowest BCUT2D eigenvalue weighted by molar-refractivity contribution is 0.167. The maximum absolute atomic E-state index is 12.3. The van der Waals surface area contributed by atoms with Crippen molar-refractivity contribution in [2.24, 2.45) is 10.2 Å². The van der Waals surface area contributed by atoms with Crippen LogP contribution in [0.15, 0.2) is 59.0 Å². The van der Waals surface area contributed by atoms with Gasteiger partial charge < -0.3 is 4.52 Å². The average molecular weight is 335 g/mol. The third-order valence-electron chi connectivity index (χ3n) is 2.56. The van der Waals surface area contributed by atoms with Crippen molar-refractivity contribution in [2.45, 2.75) is 13.8 Å². The fourth-order valence-corrected chi connectivity index (χ4v) is 2.83. The highest BCUT2D eigenvalue weighted by Gasteiger charge is 2.27. The summed E-state index contributed by atoms with van der Waals surface area (Å²) in [4.78, 5) is 3.95. The van der Waals surface area contributed by atoms with E-state index in [4.69, 9.17) is 13.6 Å². The molecule has 1 aromatic heterocycles. The normalized spacial score (nSPS) is 11.7. The van der Waals surface area contributed by atoms with Crippen molar-refractivity contribution in [3.63, 3.8) is 0 Å². The molecule has 0 fully saturated rings. The Hall–Kier alpha value is -2.08. The summed E-state index contributed by atoms with van der Waals surface area (Å²) in [6, 6.07) is 10.2. The van der Waals surface area contributed by atoms with Gasteiger partial charge in [-0.3, -0.25) is 14.0 Å². The van der Waals surface area contributed by atoms with Crippen molar-refractivity contribution < 1.29 is 18.1 Å². The van der Waals surface area contributed by atoms with E-state index in [1.54, 1.807) is 62.6 Å². The molecule has 122 valence electrons. The van der Waals surface area contributed by atoms with E-state index < -0.39 is 7.82 Å². The van der Waals surface area contributed by atoms with Gasteiger partial charge in [-0.25, -0.2) is 4.57 Å². The van der Waals surface area contributed by atoms with Crippen LogP contribution in [-0.4, -0.2) is 18.2 Å².